The minimum atomic E-state index is 0.487. The predicted octanol–water partition coefficient (Wildman–Crippen LogP) is 4.48. The minimum absolute atomic E-state index is 0.487. The summed E-state index contributed by atoms with van der Waals surface area (Å²) in [7, 11) is 0. The molecule has 100 valence electrons. The molecule has 1 fully saturated rings. The van der Waals surface area contributed by atoms with Crippen LogP contribution in [0.1, 0.15) is 63.1 Å². The molecule has 0 saturated heterocycles. The first-order valence-corrected chi connectivity index (χ1v) is 7.62. The fraction of sp³-hybridized carbons (Fsp3) is 0.647. The number of hydrogen-bond acceptors (Lipinski definition) is 1. The number of rotatable bonds is 6. The summed E-state index contributed by atoms with van der Waals surface area (Å²) in [5.41, 5.74) is 2.89. The average molecular weight is 245 g/mol. The Bertz CT molecular complexity index is 335. The van der Waals surface area contributed by atoms with Gasteiger partial charge in [0.1, 0.15) is 0 Å². The molecular formula is C17H27N. The van der Waals surface area contributed by atoms with E-state index in [1.165, 1.54) is 56.2 Å². The van der Waals surface area contributed by atoms with Crippen LogP contribution in [0.5, 0.6) is 0 Å². The molecule has 1 aliphatic carbocycles. The van der Waals surface area contributed by atoms with Gasteiger partial charge in [-0.05, 0) is 49.8 Å². The lowest BCUT2D eigenvalue weighted by atomic mass is 10.0. The van der Waals surface area contributed by atoms with Crippen LogP contribution in [-0.4, -0.2) is 6.54 Å². The Morgan fingerprint density at radius 1 is 1.17 bits per heavy atom. The molecule has 0 bridgehead atoms. The van der Waals surface area contributed by atoms with E-state index < -0.39 is 0 Å². The van der Waals surface area contributed by atoms with E-state index in [0.717, 1.165) is 5.92 Å². The first kappa shape index (κ1) is 13.6. The van der Waals surface area contributed by atoms with Crippen LogP contribution in [0.4, 0.5) is 0 Å². The normalized spacial score (nSPS) is 18.1. The van der Waals surface area contributed by atoms with Crippen molar-refractivity contribution in [1.29, 1.82) is 0 Å². The first-order chi connectivity index (χ1) is 8.79. The van der Waals surface area contributed by atoms with Crippen molar-refractivity contribution in [2.45, 2.75) is 58.4 Å². The van der Waals surface area contributed by atoms with Crippen molar-refractivity contribution in [3.8, 4) is 0 Å². The number of aryl methyl sites for hydroxylation is 1. The van der Waals surface area contributed by atoms with Gasteiger partial charge in [-0.25, -0.2) is 0 Å². The highest BCUT2D eigenvalue weighted by Crippen LogP contribution is 2.24. The van der Waals surface area contributed by atoms with Gasteiger partial charge in [0.25, 0.3) is 0 Å². The zero-order valence-corrected chi connectivity index (χ0v) is 11.9. The van der Waals surface area contributed by atoms with Gasteiger partial charge in [0.05, 0.1) is 0 Å². The molecule has 1 aromatic carbocycles. The maximum Gasteiger partial charge on any atom is 0.0291 e. The lowest BCUT2D eigenvalue weighted by Gasteiger charge is -2.17. The largest absolute Gasteiger partial charge is 0.310 e. The highest BCUT2D eigenvalue weighted by Gasteiger charge is 2.15. The quantitative estimate of drug-likeness (QED) is 0.779. The van der Waals surface area contributed by atoms with Crippen molar-refractivity contribution in [3.05, 3.63) is 35.4 Å². The van der Waals surface area contributed by atoms with Crippen molar-refractivity contribution in [1.82, 2.24) is 5.32 Å². The third-order valence-electron chi connectivity index (χ3n) is 4.21. The SMILES string of the molecule is CCCc1ccc(C(C)NCC2CCCC2)cc1. The van der Waals surface area contributed by atoms with Crippen LogP contribution in [0.25, 0.3) is 0 Å². The van der Waals surface area contributed by atoms with Gasteiger partial charge in [-0.1, -0.05) is 50.5 Å². The lowest BCUT2D eigenvalue weighted by Crippen LogP contribution is -2.24. The van der Waals surface area contributed by atoms with Gasteiger partial charge >= 0.3 is 0 Å². The van der Waals surface area contributed by atoms with Crippen LogP contribution in [0.2, 0.25) is 0 Å². The summed E-state index contributed by atoms with van der Waals surface area (Å²) < 4.78 is 0. The average Bonchev–Trinajstić information content (AvgIpc) is 2.90. The molecule has 18 heavy (non-hydrogen) atoms. The van der Waals surface area contributed by atoms with Crippen molar-refractivity contribution >= 4 is 0 Å². The van der Waals surface area contributed by atoms with Crippen molar-refractivity contribution in [3.63, 3.8) is 0 Å². The maximum atomic E-state index is 3.69. The van der Waals surface area contributed by atoms with E-state index in [0.29, 0.717) is 6.04 Å². The number of hydrogen-bond donors (Lipinski definition) is 1. The van der Waals surface area contributed by atoms with E-state index >= 15 is 0 Å². The van der Waals surface area contributed by atoms with E-state index in [1.807, 2.05) is 0 Å². The maximum absolute atomic E-state index is 3.69. The molecule has 1 aromatic rings. The molecule has 1 saturated carbocycles. The zero-order chi connectivity index (χ0) is 12.8. The Morgan fingerprint density at radius 3 is 2.44 bits per heavy atom. The van der Waals surface area contributed by atoms with E-state index in [2.05, 4.69) is 43.4 Å². The molecule has 0 spiro atoms. The van der Waals surface area contributed by atoms with Gasteiger partial charge in [-0.3, -0.25) is 0 Å². The summed E-state index contributed by atoms with van der Waals surface area (Å²) >= 11 is 0. The Kier molecular flexibility index (Phi) is 5.25. The summed E-state index contributed by atoms with van der Waals surface area (Å²) in [5, 5.41) is 3.69. The van der Waals surface area contributed by atoms with E-state index in [9.17, 15) is 0 Å². The summed E-state index contributed by atoms with van der Waals surface area (Å²) in [6.45, 7) is 5.71. The fourth-order valence-corrected chi connectivity index (χ4v) is 2.94. The molecule has 1 atom stereocenters. The van der Waals surface area contributed by atoms with Crippen LogP contribution in [0.15, 0.2) is 24.3 Å². The third kappa shape index (κ3) is 3.84. The monoisotopic (exact) mass is 245 g/mol. The molecule has 1 nitrogen and oxygen atoms in total. The standard InChI is InChI=1S/C17H27N/c1-3-6-15-9-11-17(12-10-15)14(2)18-13-16-7-4-5-8-16/h9-12,14,16,18H,3-8,13H2,1-2H3. The zero-order valence-electron chi connectivity index (χ0n) is 11.9. The van der Waals surface area contributed by atoms with E-state index in [4.69, 9.17) is 0 Å². The fourth-order valence-electron chi connectivity index (χ4n) is 2.94. The lowest BCUT2D eigenvalue weighted by molar-refractivity contribution is 0.452. The second-order valence-corrected chi connectivity index (χ2v) is 5.77. The summed E-state index contributed by atoms with van der Waals surface area (Å²) in [6, 6.07) is 9.63. The number of nitrogens with one attached hydrogen (secondary N) is 1. The molecule has 1 N–H and O–H groups in total. The Morgan fingerprint density at radius 2 is 1.83 bits per heavy atom. The Labute approximate surface area is 112 Å². The number of benzene rings is 1. The van der Waals surface area contributed by atoms with Gasteiger partial charge in [0, 0.05) is 6.04 Å². The second kappa shape index (κ2) is 6.94. The van der Waals surface area contributed by atoms with Crippen LogP contribution in [-0.2, 0) is 6.42 Å². The highest BCUT2D eigenvalue weighted by atomic mass is 14.9. The van der Waals surface area contributed by atoms with E-state index in [1.54, 1.807) is 0 Å². The molecule has 1 heteroatoms. The highest BCUT2D eigenvalue weighted by molar-refractivity contribution is 5.24. The van der Waals surface area contributed by atoms with Gasteiger partial charge in [0.15, 0.2) is 0 Å². The van der Waals surface area contributed by atoms with Gasteiger partial charge in [0.2, 0.25) is 0 Å². The molecular weight excluding hydrogens is 218 g/mol. The van der Waals surface area contributed by atoms with Crippen LogP contribution < -0.4 is 5.32 Å². The molecule has 0 aliphatic heterocycles. The van der Waals surface area contributed by atoms with Crippen molar-refractivity contribution < 1.29 is 0 Å². The van der Waals surface area contributed by atoms with Gasteiger partial charge in [-0.2, -0.15) is 0 Å². The van der Waals surface area contributed by atoms with Crippen LogP contribution in [0, 0.1) is 5.92 Å². The van der Waals surface area contributed by atoms with Crippen LogP contribution in [0.3, 0.4) is 0 Å². The van der Waals surface area contributed by atoms with E-state index in [-0.39, 0.29) is 0 Å². The third-order valence-corrected chi connectivity index (χ3v) is 4.21. The minimum Gasteiger partial charge on any atom is -0.310 e. The summed E-state index contributed by atoms with van der Waals surface area (Å²) in [6.07, 6.45) is 8.15. The first-order valence-electron chi connectivity index (χ1n) is 7.62. The van der Waals surface area contributed by atoms with Crippen LogP contribution >= 0.6 is 0 Å². The molecule has 1 unspecified atom stereocenters. The topological polar surface area (TPSA) is 12.0 Å². The molecule has 1 aliphatic rings. The van der Waals surface area contributed by atoms with Crippen molar-refractivity contribution in [2.24, 2.45) is 5.92 Å². The van der Waals surface area contributed by atoms with Gasteiger partial charge < -0.3 is 5.32 Å². The molecule has 0 heterocycles. The molecule has 0 amide bonds. The Hall–Kier alpha value is -0.820. The summed E-state index contributed by atoms with van der Waals surface area (Å²) in [5.74, 6) is 0.923. The molecule has 2 rings (SSSR count). The second-order valence-electron chi connectivity index (χ2n) is 5.77. The van der Waals surface area contributed by atoms with Gasteiger partial charge in [-0.15, -0.1) is 0 Å². The Balaban J connectivity index is 1.81. The smallest absolute Gasteiger partial charge is 0.0291 e. The van der Waals surface area contributed by atoms with Crippen molar-refractivity contribution in [2.75, 3.05) is 6.54 Å². The molecule has 0 radical (unpaired) electrons. The molecule has 0 aromatic heterocycles. The summed E-state index contributed by atoms with van der Waals surface area (Å²) in [4.78, 5) is 0. The predicted molar refractivity (Wildman–Crippen MR) is 78.8 cm³/mol.